The van der Waals surface area contributed by atoms with E-state index in [0.29, 0.717) is 0 Å². The molecule has 1 rings (SSSR count). The SMILES string of the molecule is CCC(NC(=O)c1cc([N+](=O)[O-])ccc1OC)C(=O)O. The van der Waals surface area contributed by atoms with Gasteiger partial charge in [0, 0.05) is 12.1 Å². The summed E-state index contributed by atoms with van der Waals surface area (Å²) in [7, 11) is 1.31. The summed E-state index contributed by atoms with van der Waals surface area (Å²) in [5.74, 6) is -1.78. The minimum absolute atomic E-state index is 0.0820. The average Bonchev–Trinajstić information content (AvgIpc) is 2.43. The van der Waals surface area contributed by atoms with E-state index in [-0.39, 0.29) is 23.4 Å². The van der Waals surface area contributed by atoms with Gasteiger partial charge in [-0.1, -0.05) is 6.92 Å². The van der Waals surface area contributed by atoms with E-state index >= 15 is 0 Å². The van der Waals surface area contributed by atoms with Crippen molar-refractivity contribution in [3.05, 3.63) is 33.9 Å². The normalized spacial score (nSPS) is 11.5. The van der Waals surface area contributed by atoms with Gasteiger partial charge in [0.05, 0.1) is 17.6 Å². The summed E-state index contributed by atoms with van der Waals surface area (Å²) < 4.78 is 4.95. The smallest absolute Gasteiger partial charge is 0.326 e. The molecule has 1 aromatic carbocycles. The number of benzene rings is 1. The molecule has 108 valence electrons. The number of hydrogen-bond acceptors (Lipinski definition) is 5. The Bertz CT molecular complexity index is 543. The molecule has 0 saturated heterocycles. The minimum Gasteiger partial charge on any atom is -0.496 e. The standard InChI is InChI=1S/C12H14N2O6/c1-3-9(12(16)17)13-11(15)8-6-7(14(18)19)4-5-10(8)20-2/h4-6,9H,3H2,1-2H3,(H,13,15)(H,16,17). The molecule has 0 spiro atoms. The van der Waals surface area contributed by atoms with E-state index in [1.807, 2.05) is 0 Å². The molecule has 1 aromatic rings. The van der Waals surface area contributed by atoms with Crippen LogP contribution in [0.15, 0.2) is 18.2 Å². The van der Waals surface area contributed by atoms with Crippen molar-refractivity contribution in [2.24, 2.45) is 0 Å². The van der Waals surface area contributed by atoms with Crippen LogP contribution in [0.4, 0.5) is 5.69 Å². The van der Waals surface area contributed by atoms with Crippen LogP contribution in [0.25, 0.3) is 0 Å². The summed E-state index contributed by atoms with van der Waals surface area (Å²) in [4.78, 5) is 32.9. The number of methoxy groups -OCH3 is 1. The lowest BCUT2D eigenvalue weighted by Crippen LogP contribution is -2.40. The quantitative estimate of drug-likeness (QED) is 0.597. The third-order valence-electron chi connectivity index (χ3n) is 2.65. The second-order valence-corrected chi connectivity index (χ2v) is 3.91. The third kappa shape index (κ3) is 3.44. The molecule has 0 saturated carbocycles. The second-order valence-electron chi connectivity index (χ2n) is 3.91. The van der Waals surface area contributed by atoms with E-state index in [1.165, 1.54) is 19.2 Å². The van der Waals surface area contributed by atoms with Crippen molar-refractivity contribution in [3.63, 3.8) is 0 Å². The number of non-ortho nitro benzene ring substituents is 1. The number of nitrogens with zero attached hydrogens (tertiary/aromatic N) is 1. The van der Waals surface area contributed by atoms with Crippen LogP contribution in [0, 0.1) is 10.1 Å². The Balaban J connectivity index is 3.09. The van der Waals surface area contributed by atoms with Crippen molar-refractivity contribution in [2.45, 2.75) is 19.4 Å². The monoisotopic (exact) mass is 282 g/mol. The summed E-state index contributed by atoms with van der Waals surface area (Å²) in [6.45, 7) is 1.60. The van der Waals surface area contributed by atoms with Crippen LogP contribution in [0.5, 0.6) is 5.75 Å². The largest absolute Gasteiger partial charge is 0.496 e. The molecular weight excluding hydrogens is 268 g/mol. The van der Waals surface area contributed by atoms with Gasteiger partial charge in [0.2, 0.25) is 0 Å². The topological polar surface area (TPSA) is 119 Å². The first-order valence-electron chi connectivity index (χ1n) is 5.76. The van der Waals surface area contributed by atoms with Crippen molar-refractivity contribution in [2.75, 3.05) is 7.11 Å². The van der Waals surface area contributed by atoms with Crippen molar-refractivity contribution >= 4 is 17.6 Å². The van der Waals surface area contributed by atoms with Crippen molar-refractivity contribution in [1.82, 2.24) is 5.32 Å². The molecule has 1 atom stereocenters. The lowest BCUT2D eigenvalue weighted by atomic mass is 10.1. The Morgan fingerprint density at radius 2 is 2.15 bits per heavy atom. The molecule has 0 aliphatic heterocycles. The highest BCUT2D eigenvalue weighted by Gasteiger charge is 2.22. The van der Waals surface area contributed by atoms with E-state index in [0.717, 1.165) is 6.07 Å². The lowest BCUT2D eigenvalue weighted by molar-refractivity contribution is -0.384. The maximum absolute atomic E-state index is 12.0. The molecule has 0 bridgehead atoms. The Morgan fingerprint density at radius 1 is 1.50 bits per heavy atom. The summed E-state index contributed by atoms with van der Waals surface area (Å²) >= 11 is 0. The molecule has 8 heteroatoms. The predicted octanol–water partition coefficient (Wildman–Crippen LogP) is 1.20. The zero-order chi connectivity index (χ0) is 15.3. The molecule has 0 radical (unpaired) electrons. The van der Waals surface area contributed by atoms with Gasteiger partial charge in [-0.15, -0.1) is 0 Å². The first kappa shape index (κ1) is 15.4. The number of carbonyl (C=O) groups is 2. The average molecular weight is 282 g/mol. The van der Waals surface area contributed by atoms with Crippen LogP contribution in [0.3, 0.4) is 0 Å². The van der Waals surface area contributed by atoms with E-state index in [1.54, 1.807) is 6.92 Å². The second kappa shape index (κ2) is 6.50. The molecule has 0 heterocycles. The van der Waals surface area contributed by atoms with Gasteiger partial charge in [-0.2, -0.15) is 0 Å². The molecule has 1 amide bonds. The van der Waals surface area contributed by atoms with Gasteiger partial charge in [0.1, 0.15) is 11.8 Å². The highest BCUT2D eigenvalue weighted by atomic mass is 16.6. The Labute approximate surface area is 114 Å². The molecule has 0 aliphatic rings. The van der Waals surface area contributed by atoms with Gasteiger partial charge in [0.15, 0.2) is 0 Å². The number of nitro benzene ring substituents is 1. The molecule has 0 aromatic heterocycles. The number of hydrogen-bond donors (Lipinski definition) is 2. The fourth-order valence-corrected chi connectivity index (χ4v) is 1.56. The molecule has 1 unspecified atom stereocenters. The van der Waals surface area contributed by atoms with Gasteiger partial charge in [-0.25, -0.2) is 4.79 Å². The number of rotatable bonds is 6. The lowest BCUT2D eigenvalue weighted by Gasteiger charge is -2.13. The van der Waals surface area contributed by atoms with E-state index in [4.69, 9.17) is 9.84 Å². The zero-order valence-corrected chi connectivity index (χ0v) is 11.0. The van der Waals surface area contributed by atoms with E-state index < -0.39 is 22.8 Å². The first-order valence-corrected chi connectivity index (χ1v) is 5.76. The van der Waals surface area contributed by atoms with Crippen LogP contribution >= 0.6 is 0 Å². The number of carboxylic acids is 1. The van der Waals surface area contributed by atoms with Crippen LogP contribution in [0.2, 0.25) is 0 Å². The fourth-order valence-electron chi connectivity index (χ4n) is 1.56. The molecule has 8 nitrogen and oxygen atoms in total. The Kier molecular flexibility index (Phi) is 5.01. The summed E-state index contributed by atoms with van der Waals surface area (Å²) in [5.41, 5.74) is -0.360. The molecular formula is C12H14N2O6. The van der Waals surface area contributed by atoms with Crippen LogP contribution < -0.4 is 10.1 Å². The number of nitro groups is 1. The maximum atomic E-state index is 12.0. The van der Waals surface area contributed by atoms with Crippen molar-refractivity contribution in [1.29, 1.82) is 0 Å². The van der Waals surface area contributed by atoms with Crippen molar-refractivity contribution < 1.29 is 24.4 Å². The first-order chi connectivity index (χ1) is 9.40. The summed E-state index contributed by atoms with van der Waals surface area (Å²) in [6, 6.07) is 2.47. The number of carboxylic acid groups (broad SMARTS) is 1. The molecule has 0 aliphatic carbocycles. The van der Waals surface area contributed by atoms with Crippen LogP contribution in [-0.2, 0) is 4.79 Å². The van der Waals surface area contributed by atoms with Gasteiger partial charge in [-0.3, -0.25) is 14.9 Å². The molecule has 0 fully saturated rings. The Morgan fingerprint density at radius 3 is 2.60 bits per heavy atom. The van der Waals surface area contributed by atoms with Gasteiger partial charge in [-0.05, 0) is 12.5 Å². The van der Waals surface area contributed by atoms with Crippen LogP contribution in [-0.4, -0.2) is 35.1 Å². The maximum Gasteiger partial charge on any atom is 0.326 e. The van der Waals surface area contributed by atoms with Crippen molar-refractivity contribution in [3.8, 4) is 5.75 Å². The van der Waals surface area contributed by atoms with E-state index in [2.05, 4.69) is 5.32 Å². The van der Waals surface area contributed by atoms with Gasteiger partial charge < -0.3 is 15.2 Å². The van der Waals surface area contributed by atoms with Gasteiger partial charge >= 0.3 is 5.97 Å². The number of aliphatic carboxylic acids is 1. The number of amides is 1. The fraction of sp³-hybridized carbons (Fsp3) is 0.333. The highest BCUT2D eigenvalue weighted by molar-refractivity contribution is 5.99. The minimum atomic E-state index is -1.18. The highest BCUT2D eigenvalue weighted by Crippen LogP contribution is 2.24. The molecule has 2 N–H and O–H groups in total. The van der Waals surface area contributed by atoms with Gasteiger partial charge in [0.25, 0.3) is 11.6 Å². The van der Waals surface area contributed by atoms with Crippen LogP contribution in [0.1, 0.15) is 23.7 Å². The third-order valence-corrected chi connectivity index (χ3v) is 2.65. The predicted molar refractivity (Wildman–Crippen MR) is 68.8 cm³/mol. The Hall–Kier alpha value is -2.64. The zero-order valence-electron chi connectivity index (χ0n) is 11.0. The number of carbonyl (C=O) groups excluding carboxylic acids is 1. The number of ether oxygens (including phenoxy) is 1. The number of nitrogens with one attached hydrogen (secondary N) is 1. The van der Waals surface area contributed by atoms with E-state index in [9.17, 15) is 19.7 Å². The molecule has 20 heavy (non-hydrogen) atoms. The summed E-state index contributed by atoms with van der Waals surface area (Å²) in [5, 5.41) is 21.9. The summed E-state index contributed by atoms with van der Waals surface area (Å²) in [6.07, 6.45) is 0.193.